The summed E-state index contributed by atoms with van der Waals surface area (Å²) in [5, 5.41) is 20.4. The van der Waals surface area contributed by atoms with Gasteiger partial charge in [-0.2, -0.15) is 0 Å². The van der Waals surface area contributed by atoms with Gasteiger partial charge in [-0.3, -0.25) is 0 Å². The molecule has 0 fully saturated rings. The first-order valence-electron chi connectivity index (χ1n) is 5.19. The van der Waals surface area contributed by atoms with Gasteiger partial charge in [-0.1, -0.05) is 42.0 Å². The average Bonchev–Trinajstić information content (AvgIpc) is 2.29. The molecule has 2 aromatic carbocycles. The van der Waals surface area contributed by atoms with Crippen molar-refractivity contribution >= 4 is 5.97 Å². The molecule has 0 unspecified atom stereocenters. The second kappa shape index (κ2) is 4.29. The normalized spacial score (nSPS) is 10.2. The first-order chi connectivity index (χ1) is 8.08. The quantitative estimate of drug-likeness (QED) is 0.857. The summed E-state index contributed by atoms with van der Waals surface area (Å²) in [6.07, 6.45) is 0. The summed E-state index contributed by atoms with van der Waals surface area (Å²) in [5.41, 5.74) is 2.44. The third kappa shape index (κ3) is 2.28. The van der Waals surface area contributed by atoms with Crippen LogP contribution in [-0.4, -0.2) is 11.1 Å². The molecular formula is C14H11O3-. The van der Waals surface area contributed by atoms with E-state index in [2.05, 4.69) is 0 Å². The van der Waals surface area contributed by atoms with E-state index in [9.17, 15) is 9.90 Å². The lowest BCUT2D eigenvalue weighted by Gasteiger charge is -2.11. The largest absolute Gasteiger partial charge is 0.872 e. The molecule has 2 aromatic rings. The number of aryl methyl sites for hydroxylation is 1. The first-order valence-corrected chi connectivity index (χ1v) is 5.19. The number of hydrogen-bond acceptors (Lipinski definition) is 2. The van der Waals surface area contributed by atoms with Gasteiger partial charge in [0.05, 0.1) is 5.56 Å². The molecule has 0 bridgehead atoms. The van der Waals surface area contributed by atoms with Crippen LogP contribution in [0.4, 0.5) is 0 Å². The molecule has 0 heterocycles. The predicted molar refractivity (Wildman–Crippen MR) is 63.0 cm³/mol. The maximum atomic E-state index is 11.3. The van der Waals surface area contributed by atoms with Gasteiger partial charge in [-0.05, 0) is 24.1 Å². The fourth-order valence-corrected chi connectivity index (χ4v) is 1.68. The monoisotopic (exact) mass is 227 g/mol. The van der Waals surface area contributed by atoms with E-state index < -0.39 is 5.97 Å². The third-order valence-corrected chi connectivity index (χ3v) is 2.58. The van der Waals surface area contributed by atoms with E-state index in [-0.39, 0.29) is 11.3 Å². The van der Waals surface area contributed by atoms with Gasteiger partial charge in [0, 0.05) is 0 Å². The molecule has 0 saturated carbocycles. The van der Waals surface area contributed by atoms with Crippen LogP contribution in [0.25, 0.3) is 11.1 Å². The van der Waals surface area contributed by atoms with Crippen molar-refractivity contribution in [3.8, 4) is 16.9 Å². The Labute approximate surface area is 99.0 Å². The summed E-state index contributed by atoms with van der Waals surface area (Å²) in [6, 6.07) is 11.4. The molecule has 0 radical (unpaired) electrons. The Kier molecular flexibility index (Phi) is 2.83. The second-order valence-corrected chi connectivity index (χ2v) is 3.88. The van der Waals surface area contributed by atoms with Crippen molar-refractivity contribution in [2.45, 2.75) is 6.92 Å². The highest BCUT2D eigenvalue weighted by Gasteiger charge is 2.10. The molecule has 3 heteroatoms. The summed E-state index contributed by atoms with van der Waals surface area (Å²) in [6.45, 7) is 1.95. The zero-order valence-electron chi connectivity index (χ0n) is 9.31. The first kappa shape index (κ1) is 11.2. The van der Waals surface area contributed by atoms with E-state index >= 15 is 0 Å². The van der Waals surface area contributed by atoms with Gasteiger partial charge in [-0.25, -0.2) is 4.79 Å². The van der Waals surface area contributed by atoms with Crippen molar-refractivity contribution < 1.29 is 15.0 Å². The molecular weight excluding hydrogens is 216 g/mol. The van der Waals surface area contributed by atoms with Crippen molar-refractivity contribution in [3.63, 3.8) is 0 Å². The lowest BCUT2D eigenvalue weighted by molar-refractivity contribution is -0.268. The summed E-state index contributed by atoms with van der Waals surface area (Å²) < 4.78 is 0. The SMILES string of the molecule is Cc1ccc(-c2cc([O-])ccc2C(=O)O)cc1. The van der Waals surface area contributed by atoms with Crippen LogP contribution in [0.3, 0.4) is 0 Å². The molecule has 0 aliphatic heterocycles. The molecule has 17 heavy (non-hydrogen) atoms. The number of carboxylic acid groups (broad SMARTS) is 1. The minimum absolute atomic E-state index is 0.147. The fourth-order valence-electron chi connectivity index (χ4n) is 1.68. The standard InChI is InChI=1S/C14H12O3/c1-9-2-4-10(5-3-9)13-8-11(15)6-7-12(13)14(16)17/h2-8,15H,1H3,(H,16,17)/p-1. The molecule has 0 amide bonds. The lowest BCUT2D eigenvalue weighted by atomic mass is 9.98. The van der Waals surface area contributed by atoms with Crippen LogP contribution in [0.2, 0.25) is 0 Å². The molecule has 0 atom stereocenters. The maximum absolute atomic E-state index is 11.3. The minimum atomic E-state index is -1.03. The lowest BCUT2D eigenvalue weighted by Crippen LogP contribution is -2.01. The smallest absolute Gasteiger partial charge is 0.336 e. The second-order valence-electron chi connectivity index (χ2n) is 3.88. The van der Waals surface area contributed by atoms with Gasteiger partial charge in [0.15, 0.2) is 0 Å². The van der Waals surface area contributed by atoms with Crippen LogP contribution in [-0.2, 0) is 0 Å². The van der Waals surface area contributed by atoms with Crippen LogP contribution < -0.4 is 5.11 Å². The van der Waals surface area contributed by atoms with Gasteiger partial charge in [0.2, 0.25) is 0 Å². The molecule has 0 aliphatic carbocycles. The van der Waals surface area contributed by atoms with Crippen LogP contribution in [0.1, 0.15) is 15.9 Å². The van der Waals surface area contributed by atoms with Crippen LogP contribution in [0.5, 0.6) is 5.75 Å². The number of hydrogen-bond donors (Lipinski definition) is 1. The van der Waals surface area contributed by atoms with Crippen molar-refractivity contribution in [2.24, 2.45) is 0 Å². The molecule has 86 valence electrons. The van der Waals surface area contributed by atoms with Gasteiger partial charge in [0.25, 0.3) is 0 Å². The Balaban J connectivity index is 2.60. The molecule has 1 N–H and O–H groups in total. The summed E-state index contributed by atoms with van der Waals surface area (Å²) in [4.78, 5) is 11.1. The molecule has 3 nitrogen and oxygen atoms in total. The Morgan fingerprint density at radius 3 is 2.35 bits per heavy atom. The number of aromatic carboxylic acids is 1. The van der Waals surface area contributed by atoms with Crippen molar-refractivity contribution in [2.75, 3.05) is 0 Å². The van der Waals surface area contributed by atoms with Crippen LogP contribution in [0.15, 0.2) is 42.5 Å². The molecule has 0 aliphatic rings. The number of benzene rings is 2. The van der Waals surface area contributed by atoms with Crippen molar-refractivity contribution in [3.05, 3.63) is 53.6 Å². The zero-order chi connectivity index (χ0) is 12.4. The number of carbonyl (C=O) groups is 1. The van der Waals surface area contributed by atoms with Crippen molar-refractivity contribution in [1.29, 1.82) is 0 Å². The van der Waals surface area contributed by atoms with Gasteiger partial charge in [0.1, 0.15) is 0 Å². The maximum Gasteiger partial charge on any atom is 0.336 e. The Hall–Kier alpha value is -2.29. The van der Waals surface area contributed by atoms with E-state index in [1.54, 1.807) is 0 Å². The van der Waals surface area contributed by atoms with E-state index in [1.807, 2.05) is 31.2 Å². The summed E-state index contributed by atoms with van der Waals surface area (Å²) in [7, 11) is 0. The highest BCUT2D eigenvalue weighted by molar-refractivity contribution is 5.96. The molecule has 0 aromatic heterocycles. The molecule has 0 spiro atoms. The zero-order valence-corrected chi connectivity index (χ0v) is 9.31. The highest BCUT2D eigenvalue weighted by Crippen LogP contribution is 2.26. The van der Waals surface area contributed by atoms with Crippen LogP contribution in [0, 0.1) is 6.92 Å². The Morgan fingerprint density at radius 1 is 1.12 bits per heavy atom. The molecule has 0 saturated heterocycles. The minimum Gasteiger partial charge on any atom is -0.872 e. The number of carboxylic acids is 1. The van der Waals surface area contributed by atoms with E-state index in [0.29, 0.717) is 5.56 Å². The van der Waals surface area contributed by atoms with Gasteiger partial charge >= 0.3 is 5.97 Å². The Bertz CT molecular complexity index is 556. The fraction of sp³-hybridized carbons (Fsp3) is 0.0714. The summed E-state index contributed by atoms with van der Waals surface area (Å²) in [5.74, 6) is -1.22. The average molecular weight is 227 g/mol. The van der Waals surface area contributed by atoms with E-state index in [0.717, 1.165) is 11.1 Å². The van der Waals surface area contributed by atoms with Crippen LogP contribution >= 0.6 is 0 Å². The van der Waals surface area contributed by atoms with E-state index in [1.165, 1.54) is 18.2 Å². The van der Waals surface area contributed by atoms with Gasteiger partial charge in [-0.15, -0.1) is 5.75 Å². The Morgan fingerprint density at radius 2 is 1.76 bits per heavy atom. The summed E-state index contributed by atoms with van der Waals surface area (Å²) >= 11 is 0. The third-order valence-electron chi connectivity index (χ3n) is 2.58. The topological polar surface area (TPSA) is 60.4 Å². The predicted octanol–water partition coefficient (Wildman–Crippen LogP) is 2.43. The van der Waals surface area contributed by atoms with Gasteiger partial charge < -0.3 is 10.2 Å². The van der Waals surface area contributed by atoms with Crippen molar-refractivity contribution in [1.82, 2.24) is 0 Å². The molecule has 2 rings (SSSR count). The highest BCUT2D eigenvalue weighted by atomic mass is 16.4. The number of rotatable bonds is 2. The van der Waals surface area contributed by atoms with E-state index in [4.69, 9.17) is 5.11 Å².